The van der Waals surface area contributed by atoms with Crippen LogP contribution in [-0.4, -0.2) is 57.2 Å². The van der Waals surface area contributed by atoms with E-state index < -0.39 is 24.9 Å². The first-order chi connectivity index (χ1) is 15.5. The SMILES string of the molecule is CC(c1cnc(OCC(F)(F)F)c(Cl)c1)N1Cc2c(ccnc2CC(=O)N[C@@H](C)CO)C1=O. The van der Waals surface area contributed by atoms with Crippen molar-refractivity contribution in [2.75, 3.05) is 13.2 Å². The Morgan fingerprint density at radius 3 is 2.73 bits per heavy atom. The van der Waals surface area contributed by atoms with Crippen LogP contribution in [0.2, 0.25) is 5.02 Å². The maximum Gasteiger partial charge on any atom is 0.422 e. The first-order valence-electron chi connectivity index (χ1n) is 10.0. The summed E-state index contributed by atoms with van der Waals surface area (Å²) in [6.07, 6.45) is -1.82. The highest BCUT2D eigenvalue weighted by atomic mass is 35.5. The van der Waals surface area contributed by atoms with Crippen LogP contribution in [0.4, 0.5) is 13.2 Å². The molecule has 33 heavy (non-hydrogen) atoms. The summed E-state index contributed by atoms with van der Waals surface area (Å²) >= 11 is 6.04. The molecule has 3 rings (SSSR count). The largest absolute Gasteiger partial charge is 0.467 e. The van der Waals surface area contributed by atoms with E-state index in [1.165, 1.54) is 23.4 Å². The molecular formula is C21H22ClF3N4O4. The van der Waals surface area contributed by atoms with Crippen molar-refractivity contribution >= 4 is 23.4 Å². The van der Waals surface area contributed by atoms with Crippen LogP contribution >= 0.6 is 11.6 Å². The number of aliphatic hydroxyl groups excluding tert-OH is 1. The van der Waals surface area contributed by atoms with Crippen molar-refractivity contribution in [2.24, 2.45) is 0 Å². The summed E-state index contributed by atoms with van der Waals surface area (Å²) in [5.41, 5.74) is 1.99. The Hall–Kier alpha value is -2.92. The molecule has 0 saturated heterocycles. The Bertz CT molecular complexity index is 1050. The molecular weight excluding hydrogens is 465 g/mol. The van der Waals surface area contributed by atoms with E-state index in [9.17, 15) is 22.8 Å². The molecule has 1 aliphatic heterocycles. The molecule has 8 nitrogen and oxygen atoms in total. The fourth-order valence-corrected chi connectivity index (χ4v) is 3.63. The number of hydrogen-bond donors (Lipinski definition) is 2. The summed E-state index contributed by atoms with van der Waals surface area (Å²) in [6.45, 7) is 1.86. The summed E-state index contributed by atoms with van der Waals surface area (Å²) in [6, 6.07) is 2.06. The van der Waals surface area contributed by atoms with E-state index in [0.29, 0.717) is 22.4 Å². The fraction of sp³-hybridized carbons (Fsp3) is 0.429. The Morgan fingerprint density at radius 2 is 2.09 bits per heavy atom. The third-order valence-electron chi connectivity index (χ3n) is 5.13. The molecule has 0 aromatic carbocycles. The topological polar surface area (TPSA) is 105 Å². The van der Waals surface area contributed by atoms with E-state index in [4.69, 9.17) is 16.7 Å². The number of amides is 2. The van der Waals surface area contributed by atoms with Crippen LogP contribution in [0, 0.1) is 0 Å². The third kappa shape index (κ3) is 5.91. The Kier molecular flexibility index (Phi) is 7.43. The molecule has 1 aliphatic rings. The number of aromatic nitrogens is 2. The van der Waals surface area contributed by atoms with E-state index in [-0.39, 0.29) is 42.3 Å². The summed E-state index contributed by atoms with van der Waals surface area (Å²) < 4.78 is 41.7. The lowest BCUT2D eigenvalue weighted by molar-refractivity contribution is -0.154. The second-order valence-electron chi connectivity index (χ2n) is 7.68. The second kappa shape index (κ2) is 9.92. The summed E-state index contributed by atoms with van der Waals surface area (Å²) in [7, 11) is 0. The number of nitrogens with zero attached hydrogens (tertiary/aromatic N) is 3. The van der Waals surface area contributed by atoms with Gasteiger partial charge < -0.3 is 20.1 Å². The van der Waals surface area contributed by atoms with Gasteiger partial charge in [-0.15, -0.1) is 0 Å². The van der Waals surface area contributed by atoms with Crippen molar-refractivity contribution in [3.8, 4) is 5.88 Å². The van der Waals surface area contributed by atoms with E-state index in [2.05, 4.69) is 20.0 Å². The predicted molar refractivity (Wildman–Crippen MR) is 112 cm³/mol. The Labute approximate surface area is 192 Å². The van der Waals surface area contributed by atoms with Gasteiger partial charge in [-0.05, 0) is 31.5 Å². The van der Waals surface area contributed by atoms with Crippen molar-refractivity contribution in [2.45, 2.75) is 45.1 Å². The Balaban J connectivity index is 1.76. The quantitative estimate of drug-likeness (QED) is 0.594. The standard InChI is InChI=1S/C21H22ClF3N4O4/c1-11(9-30)28-18(31)6-17-15-8-29(20(32)14(15)3-4-26-17)12(2)13-5-16(22)19(27-7-13)33-10-21(23,24)25/h3-5,7,11-12,30H,6,8-10H2,1-2H3,(H,28,31)/t11-,12?/m0/s1. The lowest BCUT2D eigenvalue weighted by Crippen LogP contribution is -2.36. The van der Waals surface area contributed by atoms with Crippen molar-refractivity contribution in [3.05, 3.63) is 51.9 Å². The number of pyridine rings is 2. The highest BCUT2D eigenvalue weighted by Crippen LogP contribution is 2.34. The number of hydrogen-bond acceptors (Lipinski definition) is 6. The predicted octanol–water partition coefficient (Wildman–Crippen LogP) is 2.83. The van der Waals surface area contributed by atoms with Gasteiger partial charge in [0.15, 0.2) is 6.61 Å². The van der Waals surface area contributed by atoms with Crippen LogP contribution in [0.3, 0.4) is 0 Å². The average Bonchev–Trinajstić information content (AvgIpc) is 3.09. The van der Waals surface area contributed by atoms with Gasteiger partial charge in [-0.25, -0.2) is 4.98 Å². The molecule has 2 aromatic rings. The Morgan fingerprint density at radius 1 is 1.36 bits per heavy atom. The number of aliphatic hydroxyl groups is 1. The summed E-state index contributed by atoms with van der Waals surface area (Å²) in [4.78, 5) is 34.9. The van der Waals surface area contributed by atoms with Gasteiger partial charge in [0, 0.05) is 36.1 Å². The highest BCUT2D eigenvalue weighted by molar-refractivity contribution is 6.31. The van der Waals surface area contributed by atoms with Gasteiger partial charge >= 0.3 is 6.18 Å². The number of rotatable bonds is 8. The number of alkyl halides is 3. The lowest BCUT2D eigenvalue weighted by atomic mass is 10.1. The molecule has 2 atom stereocenters. The van der Waals surface area contributed by atoms with Crippen LogP contribution < -0.4 is 10.1 Å². The van der Waals surface area contributed by atoms with Gasteiger partial charge in [-0.1, -0.05) is 11.6 Å². The first-order valence-corrected chi connectivity index (χ1v) is 10.4. The maximum absolute atomic E-state index is 13.0. The van der Waals surface area contributed by atoms with Crippen LogP contribution in [0.1, 0.15) is 47.1 Å². The number of nitrogens with one attached hydrogen (secondary N) is 1. The number of carbonyl (C=O) groups is 2. The minimum absolute atomic E-state index is 0.0539. The smallest absolute Gasteiger partial charge is 0.422 e. The summed E-state index contributed by atoms with van der Waals surface area (Å²) in [5.74, 6) is -0.962. The van der Waals surface area contributed by atoms with E-state index >= 15 is 0 Å². The first kappa shape index (κ1) is 24.7. The number of carbonyl (C=O) groups excluding carboxylic acids is 2. The minimum Gasteiger partial charge on any atom is -0.467 e. The molecule has 0 aliphatic carbocycles. The molecule has 0 bridgehead atoms. The zero-order chi connectivity index (χ0) is 24.3. The molecule has 0 fully saturated rings. The lowest BCUT2D eigenvalue weighted by Gasteiger charge is -2.25. The van der Waals surface area contributed by atoms with Crippen molar-refractivity contribution in [1.82, 2.24) is 20.2 Å². The van der Waals surface area contributed by atoms with Gasteiger partial charge in [0.25, 0.3) is 5.91 Å². The molecule has 2 N–H and O–H groups in total. The van der Waals surface area contributed by atoms with Gasteiger partial charge in [0.1, 0.15) is 5.02 Å². The summed E-state index contributed by atoms with van der Waals surface area (Å²) in [5, 5.41) is 11.6. The molecule has 178 valence electrons. The zero-order valence-electron chi connectivity index (χ0n) is 17.8. The van der Waals surface area contributed by atoms with Gasteiger partial charge in [-0.3, -0.25) is 14.6 Å². The average molecular weight is 487 g/mol. The number of ether oxygens (including phenoxy) is 1. The van der Waals surface area contributed by atoms with Crippen molar-refractivity contribution in [1.29, 1.82) is 0 Å². The van der Waals surface area contributed by atoms with Crippen LogP contribution in [0.15, 0.2) is 24.5 Å². The van der Waals surface area contributed by atoms with Crippen LogP contribution in [0.25, 0.3) is 0 Å². The third-order valence-corrected chi connectivity index (χ3v) is 5.40. The van der Waals surface area contributed by atoms with Crippen LogP contribution in [0.5, 0.6) is 5.88 Å². The van der Waals surface area contributed by atoms with E-state index in [1.807, 2.05) is 0 Å². The molecule has 1 unspecified atom stereocenters. The molecule has 2 aromatic heterocycles. The highest BCUT2D eigenvalue weighted by Gasteiger charge is 2.34. The zero-order valence-corrected chi connectivity index (χ0v) is 18.6. The molecule has 2 amide bonds. The second-order valence-corrected chi connectivity index (χ2v) is 8.09. The van der Waals surface area contributed by atoms with E-state index in [0.717, 1.165) is 0 Å². The maximum atomic E-state index is 13.0. The normalized spacial score (nSPS) is 15.2. The number of halogens is 4. The monoisotopic (exact) mass is 486 g/mol. The van der Waals surface area contributed by atoms with Gasteiger partial charge in [0.05, 0.1) is 24.8 Å². The molecule has 12 heteroatoms. The number of fused-ring (bicyclic) bond motifs is 1. The molecule has 3 heterocycles. The van der Waals surface area contributed by atoms with Gasteiger partial charge in [-0.2, -0.15) is 13.2 Å². The molecule has 0 radical (unpaired) electrons. The molecule has 0 spiro atoms. The molecule has 0 saturated carbocycles. The fourth-order valence-electron chi connectivity index (χ4n) is 3.40. The van der Waals surface area contributed by atoms with Gasteiger partial charge in [0.2, 0.25) is 11.8 Å². The van der Waals surface area contributed by atoms with Crippen molar-refractivity contribution < 1.29 is 32.6 Å². The van der Waals surface area contributed by atoms with Crippen molar-refractivity contribution in [3.63, 3.8) is 0 Å². The minimum atomic E-state index is -4.52. The van der Waals surface area contributed by atoms with Crippen LogP contribution in [-0.2, 0) is 17.8 Å². The van der Waals surface area contributed by atoms with E-state index in [1.54, 1.807) is 19.9 Å².